The van der Waals surface area contributed by atoms with Crippen molar-refractivity contribution >= 4 is 29.0 Å². The highest BCUT2D eigenvalue weighted by molar-refractivity contribution is 8.18. The number of amides is 2. The normalized spacial score (nSPS) is 17.3. The number of carbonyl (C=O) groups is 2. The molecule has 4 heteroatoms. The minimum Gasteiger partial charge on any atom is -0.268 e. The molecule has 0 aromatic heterocycles. The zero-order chi connectivity index (χ0) is 13.1. The molecule has 1 saturated heterocycles. The number of imide groups is 1. The maximum absolute atomic E-state index is 11.9. The van der Waals surface area contributed by atoms with E-state index in [0.29, 0.717) is 4.91 Å². The van der Waals surface area contributed by atoms with Gasteiger partial charge in [0.15, 0.2) is 0 Å². The highest BCUT2D eigenvalue weighted by Crippen LogP contribution is 2.32. The van der Waals surface area contributed by atoms with E-state index in [1.807, 2.05) is 31.2 Å². The molecule has 18 heavy (non-hydrogen) atoms. The van der Waals surface area contributed by atoms with Gasteiger partial charge < -0.3 is 0 Å². The van der Waals surface area contributed by atoms with Crippen molar-refractivity contribution in [3.05, 3.63) is 40.3 Å². The van der Waals surface area contributed by atoms with Gasteiger partial charge in [0.2, 0.25) is 0 Å². The Bertz CT molecular complexity index is 584. The predicted octanol–water partition coefficient (Wildman–Crippen LogP) is 2.66. The minimum absolute atomic E-state index is 0.0236. The van der Waals surface area contributed by atoms with E-state index in [-0.39, 0.29) is 17.7 Å². The number of thioether (sulfide) groups is 1. The largest absolute Gasteiger partial charge is 0.294 e. The van der Waals surface area contributed by atoms with Gasteiger partial charge >= 0.3 is 0 Å². The summed E-state index contributed by atoms with van der Waals surface area (Å²) in [5.74, 6) is 2.00. The van der Waals surface area contributed by atoms with Crippen LogP contribution in [0.4, 0.5) is 4.79 Å². The third-order valence-electron chi connectivity index (χ3n) is 2.60. The van der Waals surface area contributed by atoms with Gasteiger partial charge in [-0.1, -0.05) is 30.2 Å². The molecule has 1 aromatic rings. The number of carbonyl (C=O) groups excluding carboxylic acids is 2. The zero-order valence-electron chi connectivity index (χ0n) is 9.84. The van der Waals surface area contributed by atoms with Crippen molar-refractivity contribution in [2.24, 2.45) is 0 Å². The molecule has 1 aromatic carbocycles. The van der Waals surface area contributed by atoms with Crippen LogP contribution in [0.15, 0.2) is 29.2 Å². The number of aryl methyl sites for hydroxylation is 1. The number of hydrogen-bond acceptors (Lipinski definition) is 3. The standard InChI is InChI=1S/C14H11NO2S/c1-3-8-15-13(16)12(18-14(15)17)9-11-7-5-4-6-10(11)2/h1,4-7,9H,8H2,2H3/b12-9-. The van der Waals surface area contributed by atoms with Gasteiger partial charge in [0.1, 0.15) is 0 Å². The SMILES string of the molecule is C#CCN1C(=O)S/C(=C\c2ccccc2C)C1=O. The maximum atomic E-state index is 11.9. The lowest BCUT2D eigenvalue weighted by molar-refractivity contribution is -0.122. The Hall–Kier alpha value is -1.99. The lowest BCUT2D eigenvalue weighted by Crippen LogP contribution is -2.28. The Morgan fingerprint density at radius 3 is 2.78 bits per heavy atom. The van der Waals surface area contributed by atoms with Gasteiger partial charge in [-0.3, -0.25) is 14.5 Å². The molecule has 0 aliphatic carbocycles. The summed E-state index contributed by atoms with van der Waals surface area (Å²) in [6.45, 7) is 1.98. The minimum atomic E-state index is -0.314. The van der Waals surface area contributed by atoms with Crippen LogP contribution in [-0.2, 0) is 4.79 Å². The van der Waals surface area contributed by atoms with Gasteiger partial charge in [0, 0.05) is 0 Å². The van der Waals surface area contributed by atoms with Gasteiger partial charge in [0.25, 0.3) is 11.1 Å². The third kappa shape index (κ3) is 2.31. The van der Waals surface area contributed by atoms with Crippen LogP contribution in [0.25, 0.3) is 6.08 Å². The first-order valence-corrected chi connectivity index (χ1v) is 6.19. The maximum Gasteiger partial charge on any atom is 0.294 e. The van der Waals surface area contributed by atoms with E-state index in [0.717, 1.165) is 27.8 Å². The molecular weight excluding hydrogens is 246 g/mol. The third-order valence-corrected chi connectivity index (χ3v) is 3.51. The van der Waals surface area contributed by atoms with Crippen LogP contribution in [0, 0.1) is 19.3 Å². The second-order valence-electron chi connectivity index (χ2n) is 3.83. The molecule has 3 nitrogen and oxygen atoms in total. The molecule has 1 heterocycles. The molecule has 2 amide bonds. The summed E-state index contributed by atoms with van der Waals surface area (Å²) in [5.41, 5.74) is 1.99. The number of benzene rings is 1. The molecule has 2 rings (SSSR count). The number of rotatable bonds is 2. The van der Waals surface area contributed by atoms with Crippen LogP contribution in [-0.4, -0.2) is 22.6 Å². The second-order valence-corrected chi connectivity index (χ2v) is 4.82. The summed E-state index contributed by atoms with van der Waals surface area (Å²) < 4.78 is 0. The van der Waals surface area contributed by atoms with Crippen LogP contribution in [0.2, 0.25) is 0 Å². The van der Waals surface area contributed by atoms with Crippen LogP contribution in [0.5, 0.6) is 0 Å². The van der Waals surface area contributed by atoms with E-state index in [9.17, 15) is 9.59 Å². The van der Waals surface area contributed by atoms with E-state index in [1.165, 1.54) is 0 Å². The zero-order valence-corrected chi connectivity index (χ0v) is 10.7. The Morgan fingerprint density at radius 2 is 2.11 bits per heavy atom. The molecule has 0 saturated carbocycles. The van der Waals surface area contributed by atoms with Crippen molar-refractivity contribution in [3.63, 3.8) is 0 Å². The number of nitrogens with zero attached hydrogens (tertiary/aromatic N) is 1. The predicted molar refractivity (Wildman–Crippen MR) is 72.7 cm³/mol. The molecule has 1 fully saturated rings. The van der Waals surface area contributed by atoms with Crippen molar-refractivity contribution in [2.75, 3.05) is 6.54 Å². The summed E-state index contributed by atoms with van der Waals surface area (Å²) in [6, 6.07) is 7.68. The summed E-state index contributed by atoms with van der Waals surface area (Å²) in [6.07, 6.45) is 6.86. The second kappa shape index (κ2) is 5.11. The molecule has 0 atom stereocenters. The molecule has 1 aliphatic rings. The fraction of sp³-hybridized carbons (Fsp3) is 0.143. The molecule has 0 spiro atoms. The lowest BCUT2D eigenvalue weighted by Gasteiger charge is -2.06. The van der Waals surface area contributed by atoms with E-state index in [1.54, 1.807) is 6.08 Å². The molecular formula is C14H11NO2S. The first kappa shape index (κ1) is 12.5. The average molecular weight is 257 g/mol. The average Bonchev–Trinajstić information content (AvgIpc) is 2.60. The molecule has 0 radical (unpaired) electrons. The first-order chi connectivity index (χ1) is 8.63. The van der Waals surface area contributed by atoms with Crippen molar-refractivity contribution < 1.29 is 9.59 Å². The fourth-order valence-corrected chi connectivity index (χ4v) is 2.45. The topological polar surface area (TPSA) is 37.4 Å². The van der Waals surface area contributed by atoms with Crippen molar-refractivity contribution in [1.82, 2.24) is 4.90 Å². The van der Waals surface area contributed by atoms with Crippen LogP contribution in [0.3, 0.4) is 0 Å². The van der Waals surface area contributed by atoms with E-state index >= 15 is 0 Å². The van der Waals surface area contributed by atoms with E-state index in [2.05, 4.69) is 5.92 Å². The molecule has 0 bridgehead atoms. The van der Waals surface area contributed by atoms with Crippen molar-refractivity contribution in [1.29, 1.82) is 0 Å². The Labute approximate surface area is 110 Å². The summed E-state index contributed by atoms with van der Waals surface area (Å²) in [4.78, 5) is 25.0. The molecule has 90 valence electrons. The fourth-order valence-electron chi connectivity index (χ4n) is 1.62. The van der Waals surface area contributed by atoms with Gasteiger partial charge in [-0.2, -0.15) is 0 Å². The molecule has 0 N–H and O–H groups in total. The van der Waals surface area contributed by atoms with Crippen LogP contribution in [0.1, 0.15) is 11.1 Å². The highest BCUT2D eigenvalue weighted by atomic mass is 32.2. The molecule has 0 unspecified atom stereocenters. The Kier molecular flexibility index (Phi) is 3.54. The molecule has 1 aliphatic heterocycles. The Morgan fingerprint density at radius 1 is 1.39 bits per heavy atom. The van der Waals surface area contributed by atoms with E-state index < -0.39 is 0 Å². The van der Waals surface area contributed by atoms with Gasteiger partial charge in [-0.25, -0.2) is 0 Å². The smallest absolute Gasteiger partial charge is 0.268 e. The summed E-state index contributed by atoms with van der Waals surface area (Å²) in [7, 11) is 0. The van der Waals surface area contributed by atoms with Gasteiger partial charge in [-0.15, -0.1) is 6.42 Å². The van der Waals surface area contributed by atoms with Crippen LogP contribution >= 0.6 is 11.8 Å². The lowest BCUT2D eigenvalue weighted by atomic mass is 10.1. The van der Waals surface area contributed by atoms with Crippen molar-refractivity contribution in [3.8, 4) is 12.3 Å². The highest BCUT2D eigenvalue weighted by Gasteiger charge is 2.34. The Balaban J connectivity index is 2.32. The van der Waals surface area contributed by atoms with E-state index in [4.69, 9.17) is 6.42 Å². The van der Waals surface area contributed by atoms with Crippen molar-refractivity contribution in [2.45, 2.75) is 6.92 Å². The van der Waals surface area contributed by atoms with Crippen LogP contribution < -0.4 is 0 Å². The number of terminal acetylenes is 1. The summed E-state index contributed by atoms with van der Waals surface area (Å²) >= 11 is 0.928. The summed E-state index contributed by atoms with van der Waals surface area (Å²) in [5, 5.41) is -0.308. The number of hydrogen-bond donors (Lipinski definition) is 0. The van der Waals surface area contributed by atoms with Gasteiger partial charge in [-0.05, 0) is 35.9 Å². The monoisotopic (exact) mass is 257 g/mol. The first-order valence-electron chi connectivity index (χ1n) is 5.38. The quantitative estimate of drug-likeness (QED) is 0.604. The van der Waals surface area contributed by atoms with Gasteiger partial charge in [0.05, 0.1) is 11.4 Å².